The lowest BCUT2D eigenvalue weighted by molar-refractivity contribution is -0.142. The van der Waals surface area contributed by atoms with Gasteiger partial charge in [0.15, 0.2) is 6.61 Å². The predicted molar refractivity (Wildman–Crippen MR) is 110 cm³/mol. The lowest BCUT2D eigenvalue weighted by atomic mass is 9.88. The molecule has 30 heavy (non-hydrogen) atoms. The minimum absolute atomic E-state index is 0.0123. The Bertz CT molecular complexity index is 1170. The number of amides is 1. The number of ketones is 1. The molecule has 1 amide bonds. The second-order valence-electron chi connectivity index (χ2n) is 7.40. The van der Waals surface area contributed by atoms with Crippen molar-refractivity contribution >= 4 is 27.7 Å². The summed E-state index contributed by atoms with van der Waals surface area (Å²) in [6.07, 6.45) is 0. The van der Waals surface area contributed by atoms with Gasteiger partial charge in [0, 0.05) is 5.56 Å². The molecule has 0 atom stereocenters. The molecule has 0 fully saturated rings. The van der Waals surface area contributed by atoms with Gasteiger partial charge >= 0.3 is 5.97 Å². The summed E-state index contributed by atoms with van der Waals surface area (Å²) < 4.78 is 30.5. The van der Waals surface area contributed by atoms with Crippen molar-refractivity contribution in [2.75, 3.05) is 13.2 Å². The molecule has 1 aliphatic rings. The van der Waals surface area contributed by atoms with Crippen LogP contribution in [0.3, 0.4) is 0 Å². The molecule has 3 rings (SSSR count). The van der Waals surface area contributed by atoms with E-state index in [1.807, 2.05) is 34.6 Å². The van der Waals surface area contributed by atoms with Crippen molar-refractivity contribution in [1.29, 1.82) is 0 Å². The van der Waals surface area contributed by atoms with Crippen molar-refractivity contribution in [3.05, 3.63) is 63.2 Å². The van der Waals surface area contributed by atoms with Gasteiger partial charge in [0.1, 0.15) is 11.4 Å². The van der Waals surface area contributed by atoms with Crippen molar-refractivity contribution in [1.82, 2.24) is 4.31 Å². The summed E-state index contributed by atoms with van der Waals surface area (Å²) in [5, 5.41) is 0. The van der Waals surface area contributed by atoms with Crippen molar-refractivity contribution in [3.8, 4) is 0 Å². The Kier molecular flexibility index (Phi) is 5.56. The van der Waals surface area contributed by atoms with Gasteiger partial charge in [0.25, 0.3) is 15.9 Å². The summed E-state index contributed by atoms with van der Waals surface area (Å²) >= 11 is 0. The highest BCUT2D eigenvalue weighted by molar-refractivity contribution is 7.90. The normalized spacial score (nSPS) is 14.6. The van der Waals surface area contributed by atoms with Crippen LogP contribution in [-0.2, 0) is 19.6 Å². The third kappa shape index (κ3) is 3.41. The first-order valence-corrected chi connectivity index (χ1v) is 10.8. The highest BCUT2D eigenvalue weighted by Crippen LogP contribution is 2.30. The molecule has 2 aromatic carbocycles. The Hall–Kier alpha value is -3.00. The van der Waals surface area contributed by atoms with Crippen molar-refractivity contribution in [2.24, 2.45) is 0 Å². The number of carbonyl (C=O) groups excluding carboxylic acids is 3. The molecule has 7 nitrogen and oxygen atoms in total. The lowest BCUT2D eigenvalue weighted by Crippen LogP contribution is -2.36. The molecule has 0 unspecified atom stereocenters. The summed E-state index contributed by atoms with van der Waals surface area (Å²) in [7, 11) is -4.11. The van der Waals surface area contributed by atoms with E-state index in [4.69, 9.17) is 4.74 Å². The Balaban J connectivity index is 1.74. The van der Waals surface area contributed by atoms with Gasteiger partial charge in [-0.2, -0.15) is 0 Å². The van der Waals surface area contributed by atoms with Crippen LogP contribution < -0.4 is 0 Å². The van der Waals surface area contributed by atoms with Gasteiger partial charge in [-0.3, -0.25) is 14.4 Å². The Morgan fingerprint density at radius 2 is 1.43 bits per heavy atom. The quantitative estimate of drug-likeness (QED) is 0.535. The molecular weight excluding hydrogens is 406 g/mol. The molecule has 1 aliphatic heterocycles. The smallest absolute Gasteiger partial charge is 0.327 e. The minimum atomic E-state index is -4.11. The average molecular weight is 429 g/mol. The van der Waals surface area contributed by atoms with Crippen LogP contribution in [0.5, 0.6) is 0 Å². The summed E-state index contributed by atoms with van der Waals surface area (Å²) in [4.78, 5) is 37.2. The van der Waals surface area contributed by atoms with Gasteiger partial charge in [-0.1, -0.05) is 12.1 Å². The first kappa shape index (κ1) is 21.7. The van der Waals surface area contributed by atoms with Crippen LogP contribution in [0.1, 0.15) is 48.5 Å². The van der Waals surface area contributed by atoms with Gasteiger partial charge < -0.3 is 4.74 Å². The van der Waals surface area contributed by atoms with Crippen LogP contribution in [0.2, 0.25) is 0 Å². The fourth-order valence-electron chi connectivity index (χ4n) is 3.69. The maximum absolute atomic E-state index is 12.7. The van der Waals surface area contributed by atoms with Crippen LogP contribution >= 0.6 is 0 Å². The number of esters is 1. The van der Waals surface area contributed by atoms with Crippen molar-refractivity contribution in [2.45, 2.75) is 39.5 Å². The maximum Gasteiger partial charge on any atom is 0.327 e. The number of Topliss-reactive ketones (excluding diaryl/α,β-unsaturated/α-hetero) is 1. The number of ether oxygens (including phenoxy) is 1. The first-order chi connectivity index (χ1) is 14.0. The number of sulfonamides is 1. The summed E-state index contributed by atoms with van der Waals surface area (Å²) in [6, 6.07) is 5.74. The lowest BCUT2D eigenvalue weighted by Gasteiger charge is -2.18. The molecule has 0 bridgehead atoms. The predicted octanol–water partition coefficient (Wildman–Crippen LogP) is 2.80. The van der Waals surface area contributed by atoms with Crippen LogP contribution in [0.15, 0.2) is 29.2 Å². The van der Waals surface area contributed by atoms with E-state index in [9.17, 15) is 22.8 Å². The zero-order chi connectivity index (χ0) is 22.4. The number of nitrogens with zero attached hydrogens (tertiary/aromatic N) is 1. The zero-order valence-corrected chi connectivity index (χ0v) is 18.3. The third-order valence-electron chi connectivity index (χ3n) is 5.83. The Morgan fingerprint density at radius 1 is 0.900 bits per heavy atom. The average Bonchev–Trinajstić information content (AvgIpc) is 2.90. The molecule has 0 radical (unpaired) electrons. The fraction of sp³-hybridized carbons (Fsp3) is 0.318. The molecule has 2 aromatic rings. The summed E-state index contributed by atoms with van der Waals surface area (Å²) in [6.45, 7) is 8.23. The molecular formula is C22H23NO6S. The summed E-state index contributed by atoms with van der Waals surface area (Å²) in [5.74, 6) is -2.13. The van der Waals surface area contributed by atoms with Crippen LogP contribution in [0, 0.1) is 34.6 Å². The minimum Gasteiger partial charge on any atom is -0.456 e. The van der Waals surface area contributed by atoms with Crippen molar-refractivity contribution < 1.29 is 27.5 Å². The molecule has 1 heterocycles. The van der Waals surface area contributed by atoms with E-state index in [-0.39, 0.29) is 16.2 Å². The topological polar surface area (TPSA) is 97.8 Å². The molecule has 0 saturated carbocycles. The second-order valence-corrected chi connectivity index (χ2v) is 9.23. The first-order valence-electron chi connectivity index (χ1n) is 9.40. The molecule has 0 spiro atoms. The molecule has 0 aromatic heterocycles. The van der Waals surface area contributed by atoms with Gasteiger partial charge in [-0.25, -0.2) is 12.7 Å². The van der Waals surface area contributed by atoms with E-state index in [2.05, 4.69) is 0 Å². The summed E-state index contributed by atoms with van der Waals surface area (Å²) in [5.41, 5.74) is 5.27. The van der Waals surface area contributed by atoms with E-state index in [0.29, 0.717) is 9.87 Å². The van der Waals surface area contributed by atoms with E-state index < -0.39 is 35.1 Å². The number of fused-ring (bicyclic) bond motifs is 1. The molecule has 0 aliphatic carbocycles. The monoisotopic (exact) mass is 429 g/mol. The van der Waals surface area contributed by atoms with Gasteiger partial charge in [-0.05, 0) is 74.6 Å². The second kappa shape index (κ2) is 7.68. The Labute approximate surface area is 175 Å². The maximum atomic E-state index is 12.7. The zero-order valence-electron chi connectivity index (χ0n) is 17.5. The van der Waals surface area contributed by atoms with Crippen LogP contribution in [0.25, 0.3) is 0 Å². The van der Waals surface area contributed by atoms with Gasteiger partial charge in [-0.15, -0.1) is 0 Å². The molecule has 0 saturated heterocycles. The highest BCUT2D eigenvalue weighted by Gasteiger charge is 2.42. The number of rotatable bonds is 5. The SMILES string of the molecule is Cc1c(C)c(C)c(C(=O)COC(=O)CN2C(=O)c3ccccc3S2(=O)=O)c(C)c1C. The van der Waals surface area contributed by atoms with Crippen molar-refractivity contribution in [3.63, 3.8) is 0 Å². The van der Waals surface area contributed by atoms with E-state index >= 15 is 0 Å². The largest absolute Gasteiger partial charge is 0.456 e. The van der Waals surface area contributed by atoms with Gasteiger partial charge in [0.2, 0.25) is 5.78 Å². The molecule has 0 N–H and O–H groups in total. The number of hydrogen-bond acceptors (Lipinski definition) is 6. The van der Waals surface area contributed by atoms with E-state index in [1.54, 1.807) is 6.07 Å². The number of hydrogen-bond donors (Lipinski definition) is 0. The van der Waals surface area contributed by atoms with Gasteiger partial charge in [0.05, 0.1) is 5.56 Å². The van der Waals surface area contributed by atoms with E-state index in [1.165, 1.54) is 18.2 Å². The van der Waals surface area contributed by atoms with Crippen LogP contribution in [0.4, 0.5) is 0 Å². The Morgan fingerprint density at radius 3 is 2.00 bits per heavy atom. The standard InChI is InChI=1S/C22H23NO6S/c1-12-13(2)15(4)21(16(5)14(12)3)18(24)11-29-20(25)10-23-22(26)17-8-6-7-9-19(17)30(23,27)28/h6-9H,10-11H2,1-5H3. The number of carbonyl (C=O) groups is 3. The molecule has 8 heteroatoms. The number of benzene rings is 2. The fourth-order valence-corrected chi connectivity index (χ4v) is 5.20. The highest BCUT2D eigenvalue weighted by atomic mass is 32.2. The third-order valence-corrected chi connectivity index (χ3v) is 7.61. The molecule has 158 valence electrons. The van der Waals surface area contributed by atoms with E-state index in [0.717, 1.165) is 27.8 Å². The van der Waals surface area contributed by atoms with Crippen LogP contribution in [-0.4, -0.2) is 43.5 Å².